The Balaban J connectivity index is 0.00000116. The molecule has 2 heterocycles. The predicted molar refractivity (Wildman–Crippen MR) is 207 cm³/mol. The minimum atomic E-state index is -0.736. The Kier molecular flexibility index (Phi) is 29.1. The molecular weight excluding hydrogens is 795 g/mol. The van der Waals surface area contributed by atoms with E-state index in [1.807, 2.05) is 0 Å². The molecule has 5 amide bonds. The number of nitrogens with zero attached hydrogens (tertiary/aromatic N) is 2. The van der Waals surface area contributed by atoms with Gasteiger partial charge >= 0.3 is 5.97 Å². The highest BCUT2D eigenvalue weighted by Crippen LogP contribution is 2.25. The summed E-state index contributed by atoms with van der Waals surface area (Å²) < 4.78 is 37.0. The van der Waals surface area contributed by atoms with Crippen molar-refractivity contribution in [2.75, 3.05) is 104 Å². The number of thioether (sulfide) groups is 1. The number of Topliss-reactive ketones (excluding diaryl/α,β-unsaturated/α-hetero) is 2. The van der Waals surface area contributed by atoms with E-state index in [2.05, 4.69) is 17.9 Å². The van der Waals surface area contributed by atoms with E-state index in [1.165, 1.54) is 25.6 Å². The number of carbonyl (C=O) groups excluding carboxylic acids is 8. The van der Waals surface area contributed by atoms with Crippen LogP contribution in [0.15, 0.2) is 0 Å². The molecule has 57 heavy (non-hydrogen) atoms. The summed E-state index contributed by atoms with van der Waals surface area (Å²) in [7, 11) is 0. The fraction of sp³-hybridized carbons (Fsp3) is 0.778. The number of rotatable bonds is 32. The molecule has 2 saturated heterocycles. The maximum Gasteiger partial charge on any atom is 0.335 e. The molecule has 0 aromatic carbocycles. The SMILES string of the molecule is CC(=O)[C@H](C)OCCOCCS.CC(=O)[C@H](C)OCCOCCSC1CC(=O)N(CCC(=O)NCCOCCOCCOCCC(=O)ON2C(=O)CCC2=O)C1=O. The van der Waals surface area contributed by atoms with Gasteiger partial charge in [0.05, 0.1) is 91.0 Å². The summed E-state index contributed by atoms with van der Waals surface area (Å²) >= 11 is 5.31. The molecule has 326 valence electrons. The Hall–Kier alpha value is -3.02. The standard InChI is InChI=1S/C28H43N3O13S.C8H16O3S/c1-20(32)21(2)43-16-15-42-17-18-45-22-19-26(36)30(28(22)38)8-5-23(33)29-7-10-40-12-14-41-13-11-39-9-6-27(37)44-31-24(34)3-4-25(31)35;1-7(9)8(2)11-4-3-10-5-6-12/h21-22H,3-19H2,1-2H3,(H,29,33);8,12H,3-6H2,1-2H3/t21-,22?;8-/m00/s1. The third kappa shape index (κ3) is 24.5. The van der Waals surface area contributed by atoms with Crippen molar-refractivity contribution in [1.29, 1.82) is 0 Å². The van der Waals surface area contributed by atoms with Crippen LogP contribution in [0.2, 0.25) is 0 Å². The zero-order chi connectivity index (χ0) is 42.4. The van der Waals surface area contributed by atoms with Crippen molar-refractivity contribution in [3.8, 4) is 0 Å². The number of hydroxylamine groups is 2. The van der Waals surface area contributed by atoms with Gasteiger partial charge in [-0.15, -0.1) is 16.8 Å². The fourth-order valence-electron chi connectivity index (χ4n) is 4.41. The first-order valence-corrected chi connectivity index (χ1v) is 20.5. The Bertz CT molecular complexity index is 1260. The molecule has 1 N–H and O–H groups in total. The zero-order valence-electron chi connectivity index (χ0n) is 33.4. The van der Waals surface area contributed by atoms with Crippen molar-refractivity contribution in [3.63, 3.8) is 0 Å². The van der Waals surface area contributed by atoms with Crippen molar-refractivity contribution in [2.45, 2.75) is 77.3 Å². The topological polar surface area (TPSA) is 229 Å². The van der Waals surface area contributed by atoms with E-state index in [1.54, 1.807) is 13.8 Å². The van der Waals surface area contributed by atoms with Crippen LogP contribution in [0.5, 0.6) is 0 Å². The number of ether oxygens (including phenoxy) is 7. The van der Waals surface area contributed by atoms with Crippen LogP contribution in [0.3, 0.4) is 0 Å². The highest BCUT2D eigenvalue weighted by molar-refractivity contribution is 8.00. The molecule has 2 aliphatic heterocycles. The molecule has 0 saturated carbocycles. The van der Waals surface area contributed by atoms with Gasteiger partial charge in [0.2, 0.25) is 17.7 Å². The van der Waals surface area contributed by atoms with Crippen molar-refractivity contribution in [2.24, 2.45) is 0 Å². The van der Waals surface area contributed by atoms with E-state index < -0.39 is 29.1 Å². The maximum absolute atomic E-state index is 12.6. The van der Waals surface area contributed by atoms with Crippen LogP contribution in [0.25, 0.3) is 0 Å². The lowest BCUT2D eigenvalue weighted by Gasteiger charge is -2.15. The normalized spacial score (nSPS) is 16.4. The smallest absolute Gasteiger partial charge is 0.335 e. The van der Waals surface area contributed by atoms with Gasteiger partial charge < -0.3 is 43.3 Å². The number of carbonyl (C=O) groups is 8. The van der Waals surface area contributed by atoms with Crippen LogP contribution in [-0.2, 0) is 76.4 Å². The first kappa shape index (κ1) is 52.0. The van der Waals surface area contributed by atoms with Crippen LogP contribution in [0, 0.1) is 0 Å². The molecule has 0 radical (unpaired) electrons. The highest BCUT2D eigenvalue weighted by Gasteiger charge is 2.38. The second kappa shape index (κ2) is 31.9. The van der Waals surface area contributed by atoms with Gasteiger partial charge in [-0.2, -0.15) is 12.6 Å². The molecule has 21 heteroatoms. The van der Waals surface area contributed by atoms with Crippen molar-refractivity contribution in [3.05, 3.63) is 0 Å². The summed E-state index contributed by atoms with van der Waals surface area (Å²) in [5.74, 6) is -1.50. The number of hydrogen-bond acceptors (Lipinski definition) is 18. The fourth-order valence-corrected chi connectivity index (χ4v) is 5.56. The highest BCUT2D eigenvalue weighted by atomic mass is 32.2. The Morgan fingerprint density at radius 2 is 1.21 bits per heavy atom. The predicted octanol–water partition coefficient (Wildman–Crippen LogP) is 0.338. The molecule has 0 aliphatic carbocycles. The number of ketones is 2. The molecule has 0 aromatic rings. The van der Waals surface area contributed by atoms with E-state index >= 15 is 0 Å². The van der Waals surface area contributed by atoms with E-state index in [0.29, 0.717) is 56.2 Å². The summed E-state index contributed by atoms with van der Waals surface area (Å²) in [6.45, 7) is 10.6. The number of thiol groups is 1. The Morgan fingerprint density at radius 3 is 1.77 bits per heavy atom. The second-order valence-corrected chi connectivity index (χ2v) is 14.1. The van der Waals surface area contributed by atoms with Crippen LogP contribution >= 0.6 is 24.4 Å². The van der Waals surface area contributed by atoms with Crippen molar-refractivity contribution in [1.82, 2.24) is 15.3 Å². The largest absolute Gasteiger partial charge is 0.378 e. The summed E-state index contributed by atoms with van der Waals surface area (Å²) in [5.41, 5.74) is 0. The molecule has 0 spiro atoms. The monoisotopic (exact) mass is 853 g/mol. The molecule has 0 bridgehead atoms. The van der Waals surface area contributed by atoms with Crippen LogP contribution < -0.4 is 5.32 Å². The van der Waals surface area contributed by atoms with Gasteiger partial charge in [0.1, 0.15) is 12.2 Å². The number of amides is 5. The number of hydrogen-bond donors (Lipinski definition) is 2. The van der Waals surface area contributed by atoms with Crippen LogP contribution in [0.4, 0.5) is 0 Å². The molecular formula is C36H59N3O16S2. The van der Waals surface area contributed by atoms with Gasteiger partial charge in [-0.25, -0.2) is 4.79 Å². The van der Waals surface area contributed by atoms with Gasteiger partial charge in [0.15, 0.2) is 11.6 Å². The van der Waals surface area contributed by atoms with Gasteiger partial charge in [-0.1, -0.05) is 0 Å². The summed E-state index contributed by atoms with van der Waals surface area (Å²) in [5, 5.41) is 2.67. The van der Waals surface area contributed by atoms with E-state index in [9.17, 15) is 38.4 Å². The average Bonchev–Trinajstić information content (AvgIpc) is 3.63. The molecule has 1 unspecified atom stereocenters. The first-order valence-electron chi connectivity index (χ1n) is 18.8. The summed E-state index contributed by atoms with van der Waals surface area (Å²) in [6.07, 6.45) is -0.752. The lowest BCUT2D eigenvalue weighted by molar-refractivity contribution is -0.198. The van der Waals surface area contributed by atoms with Crippen LogP contribution in [0.1, 0.15) is 59.8 Å². The summed E-state index contributed by atoms with van der Waals surface area (Å²) in [4.78, 5) is 99.1. The lowest BCUT2D eigenvalue weighted by atomic mass is 10.3. The molecule has 0 aromatic heterocycles. The quantitative estimate of drug-likeness (QED) is 0.0528. The van der Waals surface area contributed by atoms with Crippen LogP contribution in [-0.4, -0.2) is 178 Å². The second-order valence-electron chi connectivity index (χ2n) is 12.4. The number of imide groups is 2. The third-order valence-electron chi connectivity index (χ3n) is 7.85. The van der Waals surface area contributed by atoms with Gasteiger partial charge in [-0.3, -0.25) is 38.5 Å². The van der Waals surface area contributed by atoms with Gasteiger partial charge in [-0.05, 0) is 27.7 Å². The van der Waals surface area contributed by atoms with Crippen molar-refractivity contribution < 1.29 is 76.4 Å². The molecule has 19 nitrogen and oxygen atoms in total. The number of likely N-dealkylation sites (tertiary alicyclic amines) is 1. The van der Waals surface area contributed by atoms with E-state index in [0.717, 1.165) is 4.90 Å². The Morgan fingerprint density at radius 1 is 0.702 bits per heavy atom. The third-order valence-corrected chi connectivity index (χ3v) is 9.20. The lowest BCUT2D eigenvalue weighted by Crippen LogP contribution is -2.36. The molecule has 3 atom stereocenters. The molecule has 2 fully saturated rings. The zero-order valence-corrected chi connectivity index (χ0v) is 35.1. The summed E-state index contributed by atoms with van der Waals surface area (Å²) in [6, 6.07) is 0. The minimum absolute atomic E-state index is 0.00794. The maximum atomic E-state index is 12.6. The average molecular weight is 854 g/mol. The van der Waals surface area contributed by atoms with E-state index in [4.69, 9.17) is 38.0 Å². The Labute approximate surface area is 343 Å². The molecule has 2 aliphatic rings. The first-order chi connectivity index (χ1) is 27.3. The van der Waals surface area contributed by atoms with E-state index in [-0.39, 0.29) is 120 Å². The van der Waals surface area contributed by atoms with Gasteiger partial charge in [0, 0.05) is 50.3 Å². The number of nitrogens with one attached hydrogen (secondary N) is 1. The molecule has 2 rings (SSSR count). The van der Waals surface area contributed by atoms with Gasteiger partial charge in [0.25, 0.3) is 11.8 Å². The minimum Gasteiger partial charge on any atom is -0.378 e. The van der Waals surface area contributed by atoms with Crippen molar-refractivity contribution >= 4 is 71.5 Å².